The molecule has 0 heterocycles. The Labute approximate surface area is 81.6 Å². The molecule has 0 bridgehead atoms. The molecular weight excluding hydrogens is 188 g/mol. The average molecular weight is 203 g/mol. The molecule has 0 spiro atoms. The average Bonchev–Trinajstić information content (AvgIpc) is 2.09. The lowest BCUT2D eigenvalue weighted by atomic mass is 10.4. The van der Waals surface area contributed by atoms with Crippen molar-refractivity contribution in [1.82, 2.24) is 0 Å². The molecule has 4 nitrogen and oxygen atoms in total. The predicted molar refractivity (Wildman–Crippen MR) is 48.6 cm³/mol. The van der Waals surface area contributed by atoms with Crippen LogP contribution in [0.15, 0.2) is 0 Å². The van der Waals surface area contributed by atoms with E-state index in [0.29, 0.717) is 6.61 Å². The van der Waals surface area contributed by atoms with Gasteiger partial charge in [0, 0.05) is 23.8 Å². The molecular formula is C8H15O4Si. The monoisotopic (exact) mass is 203 g/mol. The first-order valence-electron chi connectivity index (χ1n) is 4.21. The van der Waals surface area contributed by atoms with Crippen LogP contribution in [0.1, 0.15) is 13.3 Å². The van der Waals surface area contributed by atoms with Crippen LogP contribution < -0.4 is 0 Å². The third-order valence-corrected chi connectivity index (χ3v) is 1.66. The Morgan fingerprint density at radius 3 is 2.77 bits per heavy atom. The van der Waals surface area contributed by atoms with Crippen LogP contribution in [0, 0.1) is 0 Å². The molecule has 1 atom stereocenters. The SMILES string of the molecule is CC(=O)OC(CO)COCCC[Si]. The molecule has 1 N–H and O–H groups in total. The maximum absolute atomic E-state index is 10.5. The van der Waals surface area contributed by atoms with E-state index in [0.717, 1.165) is 12.5 Å². The van der Waals surface area contributed by atoms with Gasteiger partial charge in [-0.1, -0.05) is 6.04 Å². The summed E-state index contributed by atoms with van der Waals surface area (Å²) >= 11 is 0. The molecule has 0 rings (SSSR count). The molecule has 0 fully saturated rings. The van der Waals surface area contributed by atoms with Crippen molar-refractivity contribution in [2.75, 3.05) is 19.8 Å². The van der Waals surface area contributed by atoms with Gasteiger partial charge in [0.1, 0.15) is 6.10 Å². The van der Waals surface area contributed by atoms with Gasteiger partial charge in [-0.2, -0.15) is 0 Å². The van der Waals surface area contributed by atoms with Crippen LogP contribution in [0.5, 0.6) is 0 Å². The molecule has 1 unspecified atom stereocenters. The minimum absolute atomic E-state index is 0.201. The maximum Gasteiger partial charge on any atom is 0.303 e. The van der Waals surface area contributed by atoms with E-state index in [1.807, 2.05) is 0 Å². The lowest BCUT2D eigenvalue weighted by molar-refractivity contribution is -0.151. The molecule has 0 saturated heterocycles. The van der Waals surface area contributed by atoms with E-state index in [-0.39, 0.29) is 13.2 Å². The Morgan fingerprint density at radius 1 is 1.62 bits per heavy atom. The van der Waals surface area contributed by atoms with Crippen molar-refractivity contribution in [2.24, 2.45) is 0 Å². The van der Waals surface area contributed by atoms with E-state index in [4.69, 9.17) is 14.6 Å². The van der Waals surface area contributed by atoms with Crippen LogP contribution in [-0.4, -0.2) is 47.2 Å². The van der Waals surface area contributed by atoms with E-state index in [1.165, 1.54) is 6.92 Å². The molecule has 0 saturated carbocycles. The van der Waals surface area contributed by atoms with Crippen LogP contribution in [0.25, 0.3) is 0 Å². The number of esters is 1. The molecule has 0 aromatic heterocycles. The van der Waals surface area contributed by atoms with Gasteiger partial charge in [0.05, 0.1) is 13.2 Å². The highest BCUT2D eigenvalue weighted by atomic mass is 28.1. The zero-order valence-corrected chi connectivity index (χ0v) is 8.78. The first-order valence-corrected chi connectivity index (χ1v) is 4.91. The minimum atomic E-state index is -0.535. The van der Waals surface area contributed by atoms with Gasteiger partial charge in [0.25, 0.3) is 0 Å². The van der Waals surface area contributed by atoms with Crippen molar-refractivity contribution in [1.29, 1.82) is 0 Å². The van der Waals surface area contributed by atoms with Gasteiger partial charge in [-0.05, 0) is 6.42 Å². The van der Waals surface area contributed by atoms with Crippen molar-refractivity contribution in [3.8, 4) is 0 Å². The van der Waals surface area contributed by atoms with Crippen molar-refractivity contribution in [3.05, 3.63) is 0 Å². The van der Waals surface area contributed by atoms with Gasteiger partial charge in [0.2, 0.25) is 0 Å². The Balaban J connectivity index is 3.42. The highest BCUT2D eigenvalue weighted by Crippen LogP contribution is 1.95. The molecule has 0 aliphatic rings. The highest BCUT2D eigenvalue weighted by Gasteiger charge is 2.09. The summed E-state index contributed by atoms with van der Waals surface area (Å²) in [6.07, 6.45) is 0.363. The topological polar surface area (TPSA) is 55.8 Å². The van der Waals surface area contributed by atoms with E-state index < -0.39 is 12.1 Å². The second-order valence-corrected chi connectivity index (χ2v) is 3.09. The van der Waals surface area contributed by atoms with Crippen molar-refractivity contribution < 1.29 is 19.4 Å². The number of hydrogen-bond acceptors (Lipinski definition) is 4. The molecule has 3 radical (unpaired) electrons. The quantitative estimate of drug-likeness (QED) is 0.357. The van der Waals surface area contributed by atoms with E-state index >= 15 is 0 Å². The maximum atomic E-state index is 10.5. The van der Waals surface area contributed by atoms with Crippen LogP contribution in [0.4, 0.5) is 0 Å². The van der Waals surface area contributed by atoms with Crippen molar-refractivity contribution >= 4 is 16.2 Å². The lowest BCUT2D eigenvalue weighted by Gasteiger charge is -2.14. The summed E-state index contributed by atoms with van der Waals surface area (Å²) in [5, 5.41) is 8.76. The number of aliphatic hydroxyl groups excluding tert-OH is 1. The Bertz CT molecular complexity index is 140. The highest BCUT2D eigenvalue weighted by molar-refractivity contribution is 6.08. The van der Waals surface area contributed by atoms with Crippen LogP contribution >= 0.6 is 0 Å². The van der Waals surface area contributed by atoms with E-state index in [1.54, 1.807) is 0 Å². The number of carbonyl (C=O) groups excluding carboxylic acids is 1. The Kier molecular flexibility index (Phi) is 7.97. The normalized spacial score (nSPS) is 12.5. The molecule has 0 aromatic carbocycles. The minimum Gasteiger partial charge on any atom is -0.458 e. The largest absolute Gasteiger partial charge is 0.458 e. The first-order chi connectivity index (χ1) is 6.20. The third-order valence-electron chi connectivity index (χ3n) is 1.31. The van der Waals surface area contributed by atoms with Crippen LogP contribution in [0.3, 0.4) is 0 Å². The van der Waals surface area contributed by atoms with Crippen LogP contribution in [0.2, 0.25) is 6.04 Å². The van der Waals surface area contributed by atoms with Crippen LogP contribution in [-0.2, 0) is 14.3 Å². The molecule has 0 aliphatic carbocycles. The van der Waals surface area contributed by atoms with Crippen molar-refractivity contribution in [2.45, 2.75) is 25.5 Å². The van der Waals surface area contributed by atoms with Gasteiger partial charge in [-0.15, -0.1) is 0 Å². The summed E-state index contributed by atoms with van der Waals surface area (Å²) in [7, 11) is 3.30. The fraction of sp³-hybridized carbons (Fsp3) is 0.875. The van der Waals surface area contributed by atoms with Gasteiger partial charge in [-0.3, -0.25) is 4.79 Å². The van der Waals surface area contributed by atoms with Gasteiger partial charge in [0.15, 0.2) is 0 Å². The second kappa shape index (κ2) is 8.22. The number of ether oxygens (including phenoxy) is 2. The smallest absolute Gasteiger partial charge is 0.303 e. The van der Waals surface area contributed by atoms with E-state index in [9.17, 15) is 4.79 Å². The predicted octanol–water partition coefficient (Wildman–Crippen LogP) is -0.0961. The third kappa shape index (κ3) is 7.95. The summed E-state index contributed by atoms with van der Waals surface area (Å²) in [5.74, 6) is -0.400. The van der Waals surface area contributed by atoms with Crippen molar-refractivity contribution in [3.63, 3.8) is 0 Å². The zero-order chi connectivity index (χ0) is 10.1. The molecule has 5 heteroatoms. The van der Waals surface area contributed by atoms with Gasteiger partial charge < -0.3 is 14.6 Å². The summed E-state index contributed by atoms with van der Waals surface area (Å²) < 4.78 is 9.91. The summed E-state index contributed by atoms with van der Waals surface area (Å²) in [6.45, 7) is 1.96. The molecule has 0 amide bonds. The fourth-order valence-corrected chi connectivity index (χ4v) is 0.892. The zero-order valence-electron chi connectivity index (χ0n) is 7.78. The number of rotatable bonds is 7. The number of carbonyl (C=O) groups is 1. The Morgan fingerprint density at radius 2 is 2.31 bits per heavy atom. The Hall–Kier alpha value is -0.393. The summed E-state index contributed by atoms with van der Waals surface area (Å²) in [6, 6.07) is 0.872. The lowest BCUT2D eigenvalue weighted by Crippen LogP contribution is -2.26. The molecule has 0 aromatic rings. The molecule has 0 aliphatic heterocycles. The molecule has 75 valence electrons. The standard InChI is InChI=1S/C8H15O4Si/c1-7(10)12-8(5-9)6-11-3-2-4-13/h8-9H,2-6H2,1H3. The summed E-state index contributed by atoms with van der Waals surface area (Å²) in [5.41, 5.74) is 0. The summed E-state index contributed by atoms with van der Waals surface area (Å²) in [4.78, 5) is 10.5. The second-order valence-electron chi connectivity index (χ2n) is 2.59. The van der Waals surface area contributed by atoms with Gasteiger partial charge >= 0.3 is 5.97 Å². The van der Waals surface area contributed by atoms with Gasteiger partial charge in [-0.25, -0.2) is 0 Å². The fourth-order valence-electron chi connectivity index (χ4n) is 0.748. The first kappa shape index (κ1) is 12.6. The molecule has 13 heavy (non-hydrogen) atoms. The van der Waals surface area contributed by atoms with E-state index in [2.05, 4.69) is 10.2 Å². The number of hydrogen-bond donors (Lipinski definition) is 1. The number of aliphatic hydroxyl groups is 1.